The maximum atomic E-state index is 2.66. The van der Waals surface area contributed by atoms with Gasteiger partial charge in [0, 0.05) is 48.6 Å². The van der Waals surface area contributed by atoms with Gasteiger partial charge < -0.3 is 9.80 Å². The van der Waals surface area contributed by atoms with Gasteiger partial charge in [0.1, 0.15) is 0 Å². The fraction of sp³-hybridized carbons (Fsp3) is 0.308. The first kappa shape index (κ1) is 35.6. The summed E-state index contributed by atoms with van der Waals surface area (Å²) in [7, 11) is 0. The van der Waals surface area contributed by atoms with E-state index in [2.05, 4.69) is 194 Å². The zero-order valence-corrected chi connectivity index (χ0v) is 35.6. The van der Waals surface area contributed by atoms with Gasteiger partial charge in [-0.15, -0.1) is 11.3 Å². The molecule has 0 saturated carbocycles. The molecular formula is C52H53BN2S. The van der Waals surface area contributed by atoms with Crippen molar-refractivity contribution in [1.29, 1.82) is 0 Å². The lowest BCUT2D eigenvalue weighted by Gasteiger charge is -2.47. The molecule has 280 valence electrons. The van der Waals surface area contributed by atoms with E-state index in [1.807, 2.05) is 11.3 Å². The zero-order valence-electron chi connectivity index (χ0n) is 34.8. The zero-order chi connectivity index (χ0) is 39.1. The average molecular weight is 749 g/mol. The normalized spacial score (nSPS) is 16.8. The Balaban J connectivity index is 1.33. The van der Waals surface area contributed by atoms with Crippen molar-refractivity contribution in [2.45, 2.75) is 104 Å². The van der Waals surface area contributed by atoms with Crippen LogP contribution in [-0.4, -0.2) is 6.71 Å². The maximum Gasteiger partial charge on any atom is 0.252 e. The summed E-state index contributed by atoms with van der Waals surface area (Å²) < 4.78 is 2.67. The maximum absolute atomic E-state index is 2.66. The fourth-order valence-electron chi connectivity index (χ4n) is 10.1. The van der Waals surface area contributed by atoms with Crippen molar-refractivity contribution in [2.24, 2.45) is 0 Å². The van der Waals surface area contributed by atoms with Gasteiger partial charge >= 0.3 is 0 Å². The highest BCUT2D eigenvalue weighted by Gasteiger charge is 2.46. The highest BCUT2D eigenvalue weighted by molar-refractivity contribution is 7.26. The Hall–Kier alpha value is -4.80. The monoisotopic (exact) mass is 748 g/mol. The standard InChI is InChI=1S/C52H53BN2S/c1-49(2,3)32-21-24-34(25-22-32)54-40-26-23-33(50(4,5)6)29-38(40)53-39-30-36-37(52(9,10)28-27-51(36,7)8)31-44(39)55(43-18-13-17-42(54)48(43)53)41-16-14-20-46-47(41)35-15-11-12-19-45(35)56-46/h11-26,29-31H,27-28H2,1-10H3. The van der Waals surface area contributed by atoms with Gasteiger partial charge in [0.25, 0.3) is 6.71 Å². The highest BCUT2D eigenvalue weighted by Crippen LogP contribution is 2.52. The molecule has 0 unspecified atom stereocenters. The number of hydrogen-bond donors (Lipinski definition) is 0. The molecule has 1 aliphatic carbocycles. The number of anilines is 6. The first-order valence-corrected chi connectivity index (χ1v) is 21.4. The van der Waals surface area contributed by atoms with Gasteiger partial charge in [-0.25, -0.2) is 0 Å². The third kappa shape index (κ3) is 5.21. The second-order valence-corrected chi connectivity index (χ2v) is 21.2. The molecule has 3 aliphatic rings. The highest BCUT2D eigenvalue weighted by atomic mass is 32.1. The summed E-state index contributed by atoms with van der Waals surface area (Å²) in [6.45, 7) is 23.9. The first-order chi connectivity index (χ1) is 26.5. The predicted molar refractivity (Wildman–Crippen MR) is 246 cm³/mol. The van der Waals surface area contributed by atoms with Gasteiger partial charge in [0.15, 0.2) is 0 Å². The molecule has 10 rings (SSSR count). The third-order valence-electron chi connectivity index (χ3n) is 13.4. The Kier molecular flexibility index (Phi) is 7.55. The summed E-state index contributed by atoms with van der Waals surface area (Å²) in [6.07, 6.45) is 2.37. The molecule has 0 N–H and O–H groups in total. The molecule has 0 bridgehead atoms. The molecular weight excluding hydrogens is 695 g/mol. The van der Waals surface area contributed by atoms with Crippen LogP contribution in [0.2, 0.25) is 0 Å². The number of thiophene rings is 1. The van der Waals surface area contributed by atoms with Crippen LogP contribution in [-0.2, 0) is 21.7 Å². The molecule has 56 heavy (non-hydrogen) atoms. The van der Waals surface area contributed by atoms with E-state index in [9.17, 15) is 0 Å². The van der Waals surface area contributed by atoms with Gasteiger partial charge in [-0.05, 0) is 128 Å². The van der Waals surface area contributed by atoms with E-state index in [-0.39, 0.29) is 28.4 Å². The predicted octanol–water partition coefficient (Wildman–Crippen LogP) is 13.1. The van der Waals surface area contributed by atoms with Crippen molar-refractivity contribution in [2.75, 3.05) is 9.80 Å². The molecule has 7 aromatic rings. The number of nitrogens with zero attached hydrogens (tertiary/aromatic N) is 2. The Morgan fingerprint density at radius 2 is 1.09 bits per heavy atom. The number of hydrogen-bond acceptors (Lipinski definition) is 3. The largest absolute Gasteiger partial charge is 0.311 e. The van der Waals surface area contributed by atoms with Gasteiger partial charge in [0.05, 0.1) is 5.69 Å². The van der Waals surface area contributed by atoms with Crippen LogP contribution in [0.25, 0.3) is 20.2 Å². The number of rotatable bonds is 2. The Morgan fingerprint density at radius 3 is 1.79 bits per heavy atom. The van der Waals surface area contributed by atoms with Crippen molar-refractivity contribution in [3.05, 3.63) is 138 Å². The van der Waals surface area contributed by atoms with Crippen LogP contribution in [0.5, 0.6) is 0 Å². The van der Waals surface area contributed by atoms with Gasteiger partial charge in [0.2, 0.25) is 0 Å². The SMILES string of the molecule is CC(C)(C)c1ccc(N2c3ccc(C(C)(C)C)cc3B3c4cc5c(cc4N(c4cccc6sc7ccccc7c46)c4cccc2c43)C(C)(C)CCC5(C)C)cc1. The minimum atomic E-state index is 0.00899. The van der Waals surface area contributed by atoms with E-state index in [1.165, 1.54) is 106 Å². The fourth-order valence-corrected chi connectivity index (χ4v) is 11.2. The van der Waals surface area contributed by atoms with Crippen molar-refractivity contribution in [1.82, 2.24) is 0 Å². The number of fused-ring (bicyclic) bond motifs is 8. The van der Waals surface area contributed by atoms with Crippen molar-refractivity contribution < 1.29 is 0 Å². The minimum absolute atomic E-state index is 0.00899. The van der Waals surface area contributed by atoms with Gasteiger partial charge in [-0.1, -0.05) is 130 Å². The second-order valence-electron chi connectivity index (χ2n) is 20.1. The molecule has 0 fully saturated rings. The summed E-state index contributed by atoms with van der Waals surface area (Å²) >= 11 is 1.90. The van der Waals surface area contributed by atoms with Crippen molar-refractivity contribution >= 4 is 88.7 Å². The van der Waals surface area contributed by atoms with Crippen LogP contribution < -0.4 is 26.2 Å². The molecule has 4 heteroatoms. The molecule has 3 heterocycles. The van der Waals surface area contributed by atoms with Crippen LogP contribution in [0.4, 0.5) is 34.1 Å². The Morgan fingerprint density at radius 1 is 0.518 bits per heavy atom. The topological polar surface area (TPSA) is 6.48 Å². The molecule has 0 radical (unpaired) electrons. The molecule has 0 spiro atoms. The molecule has 2 nitrogen and oxygen atoms in total. The lowest BCUT2D eigenvalue weighted by molar-refractivity contribution is 0.332. The lowest BCUT2D eigenvalue weighted by Crippen LogP contribution is -2.62. The minimum Gasteiger partial charge on any atom is -0.311 e. The van der Waals surface area contributed by atoms with Crippen molar-refractivity contribution in [3.63, 3.8) is 0 Å². The third-order valence-corrected chi connectivity index (χ3v) is 14.6. The summed E-state index contributed by atoms with van der Waals surface area (Å²) in [4.78, 5) is 5.21. The van der Waals surface area contributed by atoms with E-state index >= 15 is 0 Å². The van der Waals surface area contributed by atoms with Crippen LogP contribution in [0, 0.1) is 0 Å². The smallest absolute Gasteiger partial charge is 0.252 e. The Bertz CT molecular complexity index is 2740. The molecule has 0 amide bonds. The van der Waals surface area contributed by atoms with Crippen LogP contribution in [0.15, 0.2) is 115 Å². The molecule has 0 saturated heterocycles. The molecule has 6 aromatic carbocycles. The summed E-state index contributed by atoms with van der Waals surface area (Å²) in [5, 5.41) is 2.67. The van der Waals surface area contributed by atoms with E-state index in [0.29, 0.717) is 0 Å². The van der Waals surface area contributed by atoms with E-state index < -0.39 is 0 Å². The molecule has 1 aromatic heterocycles. The quantitative estimate of drug-likeness (QED) is 0.162. The summed E-state index contributed by atoms with van der Waals surface area (Å²) in [5.74, 6) is 0. The van der Waals surface area contributed by atoms with Crippen LogP contribution >= 0.6 is 11.3 Å². The van der Waals surface area contributed by atoms with E-state index in [0.717, 1.165) is 0 Å². The van der Waals surface area contributed by atoms with E-state index in [1.54, 1.807) is 0 Å². The van der Waals surface area contributed by atoms with Crippen molar-refractivity contribution in [3.8, 4) is 0 Å². The molecule has 2 aliphatic heterocycles. The second kappa shape index (κ2) is 11.9. The summed E-state index contributed by atoms with van der Waals surface area (Å²) in [5.41, 5.74) is 17.8. The lowest BCUT2D eigenvalue weighted by atomic mass is 9.33. The van der Waals surface area contributed by atoms with Gasteiger partial charge in [-0.3, -0.25) is 0 Å². The number of benzene rings is 6. The summed E-state index contributed by atoms with van der Waals surface area (Å²) in [6, 6.07) is 45.0. The van der Waals surface area contributed by atoms with Crippen LogP contribution in [0.3, 0.4) is 0 Å². The van der Waals surface area contributed by atoms with Gasteiger partial charge in [-0.2, -0.15) is 0 Å². The first-order valence-electron chi connectivity index (χ1n) is 20.6. The van der Waals surface area contributed by atoms with E-state index in [4.69, 9.17) is 0 Å². The molecule has 0 atom stereocenters. The average Bonchev–Trinajstić information content (AvgIpc) is 3.55. The van der Waals surface area contributed by atoms with Crippen LogP contribution in [0.1, 0.15) is 104 Å². The Labute approximate surface area is 338 Å².